The number of benzene rings is 1. The quantitative estimate of drug-likeness (QED) is 0.798. The first-order valence-electron chi connectivity index (χ1n) is 5.75. The zero-order valence-corrected chi connectivity index (χ0v) is 9.55. The molecule has 1 aliphatic rings. The second-order valence-corrected chi connectivity index (χ2v) is 4.19. The maximum Gasteiger partial charge on any atom is 0.122 e. The lowest BCUT2D eigenvalue weighted by atomic mass is 10.1. The highest BCUT2D eigenvalue weighted by Gasteiger charge is 2.19. The molecule has 0 amide bonds. The summed E-state index contributed by atoms with van der Waals surface area (Å²) in [6.45, 7) is 5.84. The number of hydrogen-bond acceptors (Lipinski definition) is 2. The van der Waals surface area contributed by atoms with Crippen molar-refractivity contribution in [3.05, 3.63) is 29.3 Å². The molecule has 1 N–H and O–H groups in total. The van der Waals surface area contributed by atoms with Crippen molar-refractivity contribution in [2.24, 2.45) is 0 Å². The van der Waals surface area contributed by atoms with Gasteiger partial charge in [-0.3, -0.25) is 0 Å². The molecule has 2 heteroatoms. The van der Waals surface area contributed by atoms with E-state index in [-0.39, 0.29) is 0 Å². The zero-order valence-electron chi connectivity index (χ0n) is 9.55. The lowest BCUT2D eigenvalue weighted by molar-refractivity contribution is 0.338. The van der Waals surface area contributed by atoms with E-state index in [4.69, 9.17) is 4.74 Å². The van der Waals surface area contributed by atoms with Crippen molar-refractivity contribution in [3.63, 3.8) is 0 Å². The summed E-state index contributed by atoms with van der Waals surface area (Å²) >= 11 is 0. The molecule has 2 nitrogen and oxygen atoms in total. The van der Waals surface area contributed by atoms with Crippen molar-refractivity contribution in [2.75, 3.05) is 6.61 Å². The van der Waals surface area contributed by atoms with E-state index < -0.39 is 0 Å². The number of nitrogens with one attached hydrogen (secondary N) is 1. The molecule has 1 aliphatic carbocycles. The third-order valence-corrected chi connectivity index (χ3v) is 2.71. The molecule has 0 unspecified atom stereocenters. The zero-order chi connectivity index (χ0) is 10.7. The molecule has 0 radical (unpaired) electrons. The average molecular weight is 205 g/mol. The Balaban J connectivity index is 1.96. The fourth-order valence-corrected chi connectivity index (χ4v) is 1.69. The van der Waals surface area contributed by atoms with Gasteiger partial charge in [0.25, 0.3) is 0 Å². The van der Waals surface area contributed by atoms with Crippen molar-refractivity contribution in [1.82, 2.24) is 5.32 Å². The van der Waals surface area contributed by atoms with Gasteiger partial charge in [0, 0.05) is 12.6 Å². The van der Waals surface area contributed by atoms with Crippen LogP contribution in [-0.4, -0.2) is 12.6 Å². The van der Waals surface area contributed by atoms with E-state index in [1.165, 1.54) is 24.0 Å². The minimum Gasteiger partial charge on any atom is -0.494 e. The molecule has 0 aromatic heterocycles. The van der Waals surface area contributed by atoms with Crippen LogP contribution < -0.4 is 10.1 Å². The first-order valence-corrected chi connectivity index (χ1v) is 5.75. The van der Waals surface area contributed by atoms with Crippen LogP contribution in [0.15, 0.2) is 18.2 Å². The maximum absolute atomic E-state index is 5.51. The van der Waals surface area contributed by atoms with Crippen LogP contribution in [0.1, 0.15) is 30.9 Å². The molecule has 1 saturated carbocycles. The van der Waals surface area contributed by atoms with Gasteiger partial charge < -0.3 is 10.1 Å². The van der Waals surface area contributed by atoms with Crippen molar-refractivity contribution in [1.29, 1.82) is 0 Å². The summed E-state index contributed by atoms with van der Waals surface area (Å²) in [6.07, 6.45) is 2.69. The number of ether oxygens (including phenoxy) is 1. The van der Waals surface area contributed by atoms with Crippen LogP contribution in [0.5, 0.6) is 5.75 Å². The molecule has 0 aliphatic heterocycles. The van der Waals surface area contributed by atoms with Crippen LogP contribution in [0.2, 0.25) is 0 Å². The lowest BCUT2D eigenvalue weighted by Gasteiger charge is -2.09. The molecule has 0 bridgehead atoms. The van der Waals surface area contributed by atoms with Crippen molar-refractivity contribution in [3.8, 4) is 5.75 Å². The molecule has 15 heavy (non-hydrogen) atoms. The summed E-state index contributed by atoms with van der Waals surface area (Å²) in [7, 11) is 0. The van der Waals surface area contributed by atoms with Crippen LogP contribution in [0.4, 0.5) is 0 Å². The van der Waals surface area contributed by atoms with Crippen LogP contribution >= 0.6 is 0 Å². The van der Waals surface area contributed by atoms with E-state index in [1.807, 2.05) is 6.92 Å². The van der Waals surface area contributed by atoms with Crippen LogP contribution in [-0.2, 0) is 6.54 Å². The van der Waals surface area contributed by atoms with Crippen molar-refractivity contribution in [2.45, 2.75) is 39.3 Å². The predicted molar refractivity (Wildman–Crippen MR) is 62.2 cm³/mol. The molecule has 1 aromatic carbocycles. The van der Waals surface area contributed by atoms with Gasteiger partial charge in [0.15, 0.2) is 0 Å². The molecule has 0 saturated heterocycles. The second-order valence-electron chi connectivity index (χ2n) is 4.19. The van der Waals surface area contributed by atoms with Gasteiger partial charge in [0.05, 0.1) is 6.61 Å². The van der Waals surface area contributed by atoms with Gasteiger partial charge in [-0.2, -0.15) is 0 Å². The smallest absolute Gasteiger partial charge is 0.122 e. The van der Waals surface area contributed by atoms with Gasteiger partial charge in [-0.05, 0) is 43.9 Å². The molecular weight excluding hydrogens is 186 g/mol. The van der Waals surface area contributed by atoms with Crippen LogP contribution in [0.3, 0.4) is 0 Å². The van der Waals surface area contributed by atoms with Gasteiger partial charge in [-0.25, -0.2) is 0 Å². The topological polar surface area (TPSA) is 21.3 Å². The maximum atomic E-state index is 5.51. The third kappa shape index (κ3) is 2.96. The highest BCUT2D eigenvalue weighted by molar-refractivity contribution is 5.36. The Kier molecular flexibility index (Phi) is 3.27. The Hall–Kier alpha value is -1.02. The molecule has 2 rings (SSSR count). The van der Waals surface area contributed by atoms with E-state index in [1.54, 1.807) is 0 Å². The summed E-state index contributed by atoms with van der Waals surface area (Å²) in [4.78, 5) is 0. The van der Waals surface area contributed by atoms with Gasteiger partial charge in [0.2, 0.25) is 0 Å². The van der Waals surface area contributed by atoms with E-state index in [9.17, 15) is 0 Å². The van der Waals surface area contributed by atoms with Gasteiger partial charge in [-0.15, -0.1) is 0 Å². The molecule has 0 spiro atoms. The van der Waals surface area contributed by atoms with Crippen molar-refractivity contribution >= 4 is 0 Å². The number of aryl methyl sites for hydroxylation is 1. The number of rotatable bonds is 5. The monoisotopic (exact) mass is 205 g/mol. The standard InChI is InChI=1S/C13H19NO/c1-3-15-13-7-4-11(8-10(13)2)9-14-12-5-6-12/h4,7-8,12,14H,3,5-6,9H2,1-2H3. The van der Waals surface area contributed by atoms with Crippen LogP contribution in [0.25, 0.3) is 0 Å². The lowest BCUT2D eigenvalue weighted by Crippen LogP contribution is -2.15. The van der Waals surface area contributed by atoms with Gasteiger partial charge >= 0.3 is 0 Å². The largest absolute Gasteiger partial charge is 0.494 e. The third-order valence-electron chi connectivity index (χ3n) is 2.71. The molecule has 1 fully saturated rings. The van der Waals surface area contributed by atoms with Crippen molar-refractivity contribution < 1.29 is 4.74 Å². The van der Waals surface area contributed by atoms with Crippen LogP contribution in [0, 0.1) is 6.92 Å². The normalized spacial score (nSPS) is 15.3. The summed E-state index contributed by atoms with van der Waals surface area (Å²) < 4.78 is 5.51. The molecule has 82 valence electrons. The second kappa shape index (κ2) is 4.67. The highest BCUT2D eigenvalue weighted by Crippen LogP contribution is 2.21. The summed E-state index contributed by atoms with van der Waals surface area (Å²) in [6, 6.07) is 7.20. The van der Waals surface area contributed by atoms with E-state index in [0.717, 1.165) is 24.9 Å². The fraction of sp³-hybridized carbons (Fsp3) is 0.538. The summed E-state index contributed by atoms with van der Waals surface area (Å²) in [5, 5.41) is 3.51. The molecule has 1 aromatic rings. The Labute approximate surface area is 91.6 Å². The molecule has 0 heterocycles. The summed E-state index contributed by atoms with van der Waals surface area (Å²) in [5.74, 6) is 1.01. The Morgan fingerprint density at radius 2 is 2.20 bits per heavy atom. The van der Waals surface area contributed by atoms with E-state index >= 15 is 0 Å². The van der Waals surface area contributed by atoms with Gasteiger partial charge in [0.1, 0.15) is 5.75 Å². The Bertz CT molecular complexity index is 331. The number of hydrogen-bond donors (Lipinski definition) is 1. The first kappa shape index (κ1) is 10.5. The predicted octanol–water partition coefficient (Wildman–Crippen LogP) is 2.65. The van der Waals surface area contributed by atoms with Gasteiger partial charge in [-0.1, -0.05) is 12.1 Å². The molecule has 0 atom stereocenters. The first-order chi connectivity index (χ1) is 7.29. The summed E-state index contributed by atoms with van der Waals surface area (Å²) in [5.41, 5.74) is 2.58. The average Bonchev–Trinajstić information content (AvgIpc) is 3.03. The Morgan fingerprint density at radius 1 is 1.40 bits per heavy atom. The highest BCUT2D eigenvalue weighted by atomic mass is 16.5. The minimum absolute atomic E-state index is 0.737. The van der Waals surface area contributed by atoms with E-state index in [2.05, 4.69) is 30.4 Å². The SMILES string of the molecule is CCOc1ccc(CNC2CC2)cc1C. The fourth-order valence-electron chi connectivity index (χ4n) is 1.69. The Morgan fingerprint density at radius 3 is 2.80 bits per heavy atom. The molecular formula is C13H19NO. The minimum atomic E-state index is 0.737. The van der Waals surface area contributed by atoms with E-state index in [0.29, 0.717) is 0 Å².